The summed E-state index contributed by atoms with van der Waals surface area (Å²) >= 11 is 0. The van der Waals surface area contributed by atoms with Crippen molar-refractivity contribution in [3.05, 3.63) is 52.8 Å². The van der Waals surface area contributed by atoms with E-state index in [0.717, 1.165) is 16.0 Å². The standard InChI is InChI=1S/C15H13N3O2/c1-8-5-12(16)13(6-9(8)2)18-14(19)10-3-4-17-7-11(10)15(18)20/h3-7H,16H2,1-2H3. The van der Waals surface area contributed by atoms with Crippen LogP contribution in [0.5, 0.6) is 0 Å². The van der Waals surface area contributed by atoms with Crippen LogP contribution in [0, 0.1) is 13.8 Å². The first-order chi connectivity index (χ1) is 9.50. The molecule has 5 heteroatoms. The van der Waals surface area contributed by atoms with Crippen molar-refractivity contribution in [3.8, 4) is 0 Å². The number of pyridine rings is 1. The number of rotatable bonds is 1. The van der Waals surface area contributed by atoms with Gasteiger partial charge in [-0.15, -0.1) is 0 Å². The maximum atomic E-state index is 12.4. The zero-order valence-electron chi connectivity index (χ0n) is 11.2. The topological polar surface area (TPSA) is 76.3 Å². The molecular weight excluding hydrogens is 254 g/mol. The van der Waals surface area contributed by atoms with E-state index >= 15 is 0 Å². The fourth-order valence-corrected chi connectivity index (χ4v) is 2.32. The quantitative estimate of drug-likeness (QED) is 0.634. The number of fused-ring (bicyclic) bond motifs is 1. The molecule has 0 saturated carbocycles. The molecule has 0 atom stereocenters. The Labute approximate surface area is 116 Å². The number of nitrogens with two attached hydrogens (primary N) is 1. The van der Waals surface area contributed by atoms with E-state index in [2.05, 4.69) is 4.98 Å². The molecule has 0 spiro atoms. The zero-order chi connectivity index (χ0) is 14.4. The molecule has 100 valence electrons. The molecule has 2 amide bonds. The van der Waals surface area contributed by atoms with Gasteiger partial charge in [-0.25, -0.2) is 4.90 Å². The molecule has 2 aromatic rings. The van der Waals surface area contributed by atoms with Crippen LogP contribution in [0.25, 0.3) is 0 Å². The summed E-state index contributed by atoms with van der Waals surface area (Å²) in [6.07, 6.45) is 2.91. The lowest BCUT2D eigenvalue weighted by Gasteiger charge is -2.18. The van der Waals surface area contributed by atoms with E-state index < -0.39 is 0 Å². The number of carbonyl (C=O) groups excluding carboxylic acids is 2. The van der Waals surface area contributed by atoms with Crippen molar-refractivity contribution in [1.29, 1.82) is 0 Å². The second-order valence-electron chi connectivity index (χ2n) is 4.86. The number of nitrogens with zero attached hydrogens (tertiary/aromatic N) is 2. The number of amides is 2. The number of aryl methyl sites for hydroxylation is 2. The molecule has 5 nitrogen and oxygen atoms in total. The Morgan fingerprint density at radius 2 is 1.70 bits per heavy atom. The Morgan fingerprint density at radius 1 is 1.05 bits per heavy atom. The first-order valence-corrected chi connectivity index (χ1v) is 6.20. The highest BCUT2D eigenvalue weighted by Gasteiger charge is 2.37. The summed E-state index contributed by atoms with van der Waals surface area (Å²) in [4.78, 5) is 29.8. The van der Waals surface area contributed by atoms with Crippen molar-refractivity contribution in [2.45, 2.75) is 13.8 Å². The van der Waals surface area contributed by atoms with E-state index in [9.17, 15) is 9.59 Å². The van der Waals surface area contributed by atoms with E-state index in [1.54, 1.807) is 18.2 Å². The lowest BCUT2D eigenvalue weighted by Crippen LogP contribution is -2.30. The van der Waals surface area contributed by atoms with E-state index in [1.807, 2.05) is 13.8 Å². The van der Waals surface area contributed by atoms with Crippen molar-refractivity contribution in [3.63, 3.8) is 0 Å². The van der Waals surface area contributed by atoms with Crippen molar-refractivity contribution in [2.24, 2.45) is 0 Å². The maximum absolute atomic E-state index is 12.4. The summed E-state index contributed by atoms with van der Waals surface area (Å²) in [6, 6.07) is 5.08. The highest BCUT2D eigenvalue weighted by Crippen LogP contribution is 2.33. The largest absolute Gasteiger partial charge is 0.397 e. The molecular formula is C15H13N3O2. The Bertz CT molecular complexity index is 718. The predicted molar refractivity (Wildman–Crippen MR) is 75.7 cm³/mol. The van der Waals surface area contributed by atoms with Crippen molar-refractivity contribution >= 4 is 23.2 Å². The smallest absolute Gasteiger partial charge is 0.267 e. The zero-order valence-corrected chi connectivity index (χ0v) is 11.2. The van der Waals surface area contributed by atoms with Gasteiger partial charge in [0, 0.05) is 12.4 Å². The van der Waals surface area contributed by atoms with Crippen LogP contribution in [-0.4, -0.2) is 16.8 Å². The minimum atomic E-state index is -0.381. The van der Waals surface area contributed by atoms with E-state index in [0.29, 0.717) is 22.5 Å². The number of imide groups is 1. The van der Waals surface area contributed by atoms with E-state index in [-0.39, 0.29) is 11.8 Å². The van der Waals surface area contributed by atoms with Crippen molar-refractivity contribution in [1.82, 2.24) is 4.98 Å². The first-order valence-electron chi connectivity index (χ1n) is 6.20. The first kappa shape index (κ1) is 12.3. The Morgan fingerprint density at radius 3 is 2.40 bits per heavy atom. The SMILES string of the molecule is Cc1cc(N)c(N2C(=O)c3ccncc3C2=O)cc1C. The van der Waals surface area contributed by atoms with Crippen LogP contribution < -0.4 is 10.6 Å². The number of carbonyl (C=O) groups is 2. The fourth-order valence-electron chi connectivity index (χ4n) is 2.32. The van der Waals surface area contributed by atoms with Crippen LogP contribution in [0.15, 0.2) is 30.6 Å². The molecule has 1 aromatic heterocycles. The number of hydrogen-bond donors (Lipinski definition) is 1. The molecule has 1 aliphatic rings. The molecule has 2 N–H and O–H groups in total. The maximum Gasteiger partial charge on any atom is 0.267 e. The van der Waals surface area contributed by atoms with Gasteiger partial charge in [-0.3, -0.25) is 14.6 Å². The number of benzene rings is 1. The van der Waals surface area contributed by atoms with E-state index in [4.69, 9.17) is 5.73 Å². The third kappa shape index (κ3) is 1.60. The van der Waals surface area contributed by atoms with Crippen LogP contribution >= 0.6 is 0 Å². The molecule has 20 heavy (non-hydrogen) atoms. The molecule has 3 rings (SSSR count). The molecule has 0 fully saturated rings. The lowest BCUT2D eigenvalue weighted by molar-refractivity contribution is 0.0926. The third-order valence-electron chi connectivity index (χ3n) is 3.57. The monoisotopic (exact) mass is 267 g/mol. The van der Waals surface area contributed by atoms with Gasteiger partial charge in [-0.1, -0.05) is 0 Å². The lowest BCUT2D eigenvalue weighted by atomic mass is 10.1. The minimum Gasteiger partial charge on any atom is -0.397 e. The molecule has 0 aliphatic carbocycles. The number of aromatic nitrogens is 1. The molecule has 0 saturated heterocycles. The normalized spacial score (nSPS) is 13.8. The fraction of sp³-hybridized carbons (Fsp3) is 0.133. The van der Waals surface area contributed by atoms with Gasteiger partial charge in [0.1, 0.15) is 0 Å². The molecule has 2 heterocycles. The Kier molecular flexibility index (Phi) is 2.57. The Hall–Kier alpha value is -2.69. The number of nitrogen functional groups attached to an aromatic ring is 1. The third-order valence-corrected chi connectivity index (χ3v) is 3.57. The van der Waals surface area contributed by atoms with Gasteiger partial charge < -0.3 is 5.73 Å². The van der Waals surface area contributed by atoms with Gasteiger partial charge in [0.05, 0.1) is 22.5 Å². The minimum absolute atomic E-state index is 0.315. The molecule has 1 aromatic carbocycles. The van der Waals surface area contributed by atoms with Gasteiger partial charge >= 0.3 is 0 Å². The van der Waals surface area contributed by atoms with Crippen LogP contribution in [0.4, 0.5) is 11.4 Å². The molecule has 0 radical (unpaired) electrons. The molecule has 0 bridgehead atoms. The summed E-state index contributed by atoms with van der Waals surface area (Å²) in [5.74, 6) is -0.740. The number of anilines is 2. The summed E-state index contributed by atoms with van der Waals surface area (Å²) < 4.78 is 0. The Balaban J connectivity index is 2.17. The van der Waals surface area contributed by atoms with Gasteiger partial charge in [-0.05, 0) is 43.2 Å². The summed E-state index contributed by atoms with van der Waals surface area (Å²) in [7, 11) is 0. The summed E-state index contributed by atoms with van der Waals surface area (Å²) in [6.45, 7) is 3.85. The molecule has 0 unspecified atom stereocenters. The van der Waals surface area contributed by atoms with Crippen molar-refractivity contribution in [2.75, 3.05) is 10.6 Å². The average molecular weight is 267 g/mol. The second-order valence-corrected chi connectivity index (χ2v) is 4.86. The highest BCUT2D eigenvalue weighted by atomic mass is 16.2. The summed E-state index contributed by atoms with van der Waals surface area (Å²) in [5, 5.41) is 0. The molecule has 1 aliphatic heterocycles. The van der Waals surface area contributed by atoms with Crippen molar-refractivity contribution < 1.29 is 9.59 Å². The van der Waals surface area contributed by atoms with Gasteiger partial charge in [0.2, 0.25) is 0 Å². The van der Waals surface area contributed by atoms with Crippen LogP contribution in [0.3, 0.4) is 0 Å². The predicted octanol–water partition coefficient (Wildman–Crippen LogP) is 2.08. The van der Waals surface area contributed by atoms with E-state index in [1.165, 1.54) is 12.4 Å². The second kappa shape index (κ2) is 4.16. The van der Waals surface area contributed by atoms with Crippen LogP contribution in [0.2, 0.25) is 0 Å². The number of hydrogen-bond acceptors (Lipinski definition) is 4. The van der Waals surface area contributed by atoms with Gasteiger partial charge in [-0.2, -0.15) is 0 Å². The average Bonchev–Trinajstić information content (AvgIpc) is 2.68. The van der Waals surface area contributed by atoms with Crippen LogP contribution in [0.1, 0.15) is 31.8 Å². The van der Waals surface area contributed by atoms with Gasteiger partial charge in [0.25, 0.3) is 11.8 Å². The van der Waals surface area contributed by atoms with Crippen LogP contribution in [-0.2, 0) is 0 Å². The summed E-state index contributed by atoms with van der Waals surface area (Å²) in [5.41, 5.74) is 9.48. The highest BCUT2D eigenvalue weighted by molar-refractivity contribution is 6.35. The van der Waals surface area contributed by atoms with Gasteiger partial charge in [0.15, 0.2) is 0 Å².